The molecule has 4 nitrogen and oxygen atoms in total. The van der Waals surface area contributed by atoms with Crippen molar-refractivity contribution in [3.05, 3.63) is 59.2 Å². The van der Waals surface area contributed by atoms with Gasteiger partial charge in [-0.2, -0.15) is 0 Å². The Hall–Kier alpha value is -2.40. The fourth-order valence-electron chi connectivity index (χ4n) is 2.15. The van der Waals surface area contributed by atoms with Crippen LogP contribution in [0.15, 0.2) is 42.5 Å². The summed E-state index contributed by atoms with van der Waals surface area (Å²) in [5.74, 6) is -0.128. The lowest BCUT2D eigenvalue weighted by Crippen LogP contribution is -2.19. The molecule has 0 saturated heterocycles. The van der Waals surface area contributed by atoms with Gasteiger partial charge < -0.3 is 16.4 Å². The highest BCUT2D eigenvalue weighted by atomic mass is 32.1. The van der Waals surface area contributed by atoms with E-state index in [-0.39, 0.29) is 11.0 Å². The molecule has 108 valence electrons. The lowest BCUT2D eigenvalue weighted by molar-refractivity contribution is 0.102. The molecule has 21 heavy (non-hydrogen) atoms. The van der Waals surface area contributed by atoms with E-state index in [1.165, 1.54) is 0 Å². The first kappa shape index (κ1) is 15.0. The third-order valence-corrected chi connectivity index (χ3v) is 3.18. The van der Waals surface area contributed by atoms with Crippen LogP contribution in [0, 0.1) is 13.8 Å². The maximum absolute atomic E-state index is 12.2. The molecule has 0 spiro atoms. The highest BCUT2D eigenvalue weighted by Gasteiger charge is 2.10. The van der Waals surface area contributed by atoms with Crippen molar-refractivity contribution in [1.29, 1.82) is 0 Å². The standard InChI is InChI=1S/C16H17N3OS/c1-10-8-13(18-16(17)21)9-11(2)14(10)19-15(20)12-6-4-3-5-7-12/h3-9H,1-2H3,(H,19,20)(H3,17,18,21). The van der Waals surface area contributed by atoms with E-state index in [9.17, 15) is 4.79 Å². The summed E-state index contributed by atoms with van der Waals surface area (Å²) in [7, 11) is 0. The first-order chi connectivity index (χ1) is 9.97. The molecule has 2 aromatic carbocycles. The highest BCUT2D eigenvalue weighted by Crippen LogP contribution is 2.25. The molecule has 0 atom stereocenters. The van der Waals surface area contributed by atoms with Gasteiger partial charge >= 0.3 is 0 Å². The summed E-state index contributed by atoms with van der Waals surface area (Å²) >= 11 is 4.83. The number of nitrogens with two attached hydrogens (primary N) is 1. The van der Waals surface area contributed by atoms with Crippen molar-refractivity contribution in [2.24, 2.45) is 5.73 Å². The van der Waals surface area contributed by atoms with Crippen LogP contribution in [0.5, 0.6) is 0 Å². The summed E-state index contributed by atoms with van der Waals surface area (Å²) in [4.78, 5) is 12.2. The maximum atomic E-state index is 12.2. The second-order valence-electron chi connectivity index (χ2n) is 4.79. The van der Waals surface area contributed by atoms with E-state index >= 15 is 0 Å². The number of benzene rings is 2. The van der Waals surface area contributed by atoms with E-state index in [1.54, 1.807) is 12.1 Å². The molecule has 5 heteroatoms. The maximum Gasteiger partial charge on any atom is 0.255 e. The Balaban J connectivity index is 2.25. The first-order valence-corrected chi connectivity index (χ1v) is 6.92. The van der Waals surface area contributed by atoms with E-state index in [0.29, 0.717) is 5.56 Å². The van der Waals surface area contributed by atoms with E-state index in [2.05, 4.69) is 10.6 Å². The van der Waals surface area contributed by atoms with Crippen LogP contribution in [0.2, 0.25) is 0 Å². The van der Waals surface area contributed by atoms with Crippen molar-refractivity contribution in [2.75, 3.05) is 10.6 Å². The molecule has 0 heterocycles. The van der Waals surface area contributed by atoms with Crippen LogP contribution in [0.3, 0.4) is 0 Å². The molecule has 2 rings (SSSR count). The molecule has 2 aromatic rings. The number of hydrogen-bond donors (Lipinski definition) is 3. The summed E-state index contributed by atoms with van der Waals surface area (Å²) < 4.78 is 0. The number of thiocarbonyl (C=S) groups is 1. The Morgan fingerprint density at radius 3 is 2.14 bits per heavy atom. The zero-order chi connectivity index (χ0) is 15.4. The van der Waals surface area contributed by atoms with Crippen molar-refractivity contribution >= 4 is 34.6 Å². The van der Waals surface area contributed by atoms with Crippen molar-refractivity contribution < 1.29 is 4.79 Å². The number of anilines is 2. The number of aryl methyl sites for hydroxylation is 2. The summed E-state index contributed by atoms with van der Waals surface area (Å²) in [5.41, 5.74) is 9.60. The van der Waals surface area contributed by atoms with Gasteiger partial charge in [0.05, 0.1) is 0 Å². The molecule has 0 radical (unpaired) electrons. The Bertz CT molecular complexity index is 660. The normalized spacial score (nSPS) is 10.0. The van der Waals surface area contributed by atoms with Crippen molar-refractivity contribution in [2.45, 2.75) is 13.8 Å². The Morgan fingerprint density at radius 2 is 1.62 bits per heavy atom. The largest absolute Gasteiger partial charge is 0.376 e. The lowest BCUT2D eigenvalue weighted by atomic mass is 10.1. The molecule has 4 N–H and O–H groups in total. The van der Waals surface area contributed by atoms with Gasteiger partial charge in [0.2, 0.25) is 0 Å². The highest BCUT2D eigenvalue weighted by molar-refractivity contribution is 7.80. The molecule has 1 amide bonds. The van der Waals surface area contributed by atoms with Gasteiger partial charge in [0.1, 0.15) is 0 Å². The SMILES string of the molecule is Cc1cc(NC(N)=S)cc(C)c1NC(=O)c1ccccc1. The molecular weight excluding hydrogens is 282 g/mol. The van der Waals surface area contributed by atoms with Gasteiger partial charge in [-0.05, 0) is 61.5 Å². The molecular formula is C16H17N3OS. The number of rotatable bonds is 3. The minimum Gasteiger partial charge on any atom is -0.376 e. The number of carbonyl (C=O) groups excluding carboxylic acids is 1. The van der Waals surface area contributed by atoms with Crippen LogP contribution in [0.4, 0.5) is 11.4 Å². The summed E-state index contributed by atoms with van der Waals surface area (Å²) in [6.07, 6.45) is 0. The fraction of sp³-hybridized carbons (Fsp3) is 0.125. The van der Waals surface area contributed by atoms with Gasteiger partial charge in [-0.25, -0.2) is 0 Å². The smallest absolute Gasteiger partial charge is 0.255 e. The number of hydrogen-bond acceptors (Lipinski definition) is 2. The second-order valence-corrected chi connectivity index (χ2v) is 5.23. The van der Waals surface area contributed by atoms with E-state index in [4.69, 9.17) is 18.0 Å². The lowest BCUT2D eigenvalue weighted by Gasteiger charge is -2.14. The predicted molar refractivity (Wildman–Crippen MR) is 90.7 cm³/mol. The summed E-state index contributed by atoms with van der Waals surface area (Å²) in [5, 5.41) is 6.06. The molecule has 0 saturated carbocycles. The topological polar surface area (TPSA) is 67.2 Å². The van der Waals surface area contributed by atoms with Crippen LogP contribution < -0.4 is 16.4 Å². The van der Waals surface area contributed by atoms with Gasteiger partial charge in [-0.3, -0.25) is 4.79 Å². The second kappa shape index (κ2) is 6.37. The van der Waals surface area contributed by atoms with Gasteiger partial charge in [-0.15, -0.1) is 0 Å². The molecule has 0 fully saturated rings. The predicted octanol–water partition coefficient (Wildman–Crippen LogP) is 3.21. The molecule has 0 unspecified atom stereocenters. The van der Waals surface area contributed by atoms with Crippen molar-refractivity contribution in [3.63, 3.8) is 0 Å². The molecule has 0 bridgehead atoms. The third-order valence-electron chi connectivity index (χ3n) is 3.07. The quantitative estimate of drug-likeness (QED) is 0.761. The molecule has 0 aliphatic carbocycles. The van der Waals surface area contributed by atoms with Crippen LogP contribution >= 0.6 is 12.2 Å². The molecule has 0 aliphatic rings. The van der Waals surface area contributed by atoms with Gasteiger partial charge in [0.25, 0.3) is 5.91 Å². The van der Waals surface area contributed by atoms with E-state index in [0.717, 1.165) is 22.5 Å². The average molecular weight is 299 g/mol. The minimum absolute atomic E-state index is 0.128. The van der Waals surface area contributed by atoms with Crippen molar-refractivity contribution in [3.8, 4) is 0 Å². The first-order valence-electron chi connectivity index (χ1n) is 6.51. The Labute approximate surface area is 129 Å². The van der Waals surface area contributed by atoms with E-state index < -0.39 is 0 Å². The van der Waals surface area contributed by atoms with Crippen molar-refractivity contribution in [1.82, 2.24) is 0 Å². The summed E-state index contributed by atoms with van der Waals surface area (Å²) in [6, 6.07) is 12.9. The zero-order valence-corrected chi connectivity index (χ0v) is 12.8. The third kappa shape index (κ3) is 3.79. The Kier molecular flexibility index (Phi) is 4.55. The monoisotopic (exact) mass is 299 g/mol. The average Bonchev–Trinajstić information content (AvgIpc) is 2.43. The van der Waals surface area contributed by atoms with Gasteiger partial charge in [-0.1, -0.05) is 18.2 Å². The zero-order valence-electron chi connectivity index (χ0n) is 11.9. The number of carbonyl (C=O) groups is 1. The van der Waals surface area contributed by atoms with Crippen LogP contribution in [-0.4, -0.2) is 11.0 Å². The molecule has 0 aliphatic heterocycles. The van der Waals surface area contributed by atoms with E-state index in [1.807, 2.05) is 44.2 Å². The van der Waals surface area contributed by atoms with Crippen LogP contribution in [-0.2, 0) is 0 Å². The Morgan fingerprint density at radius 1 is 1.05 bits per heavy atom. The summed E-state index contributed by atoms with van der Waals surface area (Å²) in [6.45, 7) is 3.86. The number of amides is 1. The van der Waals surface area contributed by atoms with Gasteiger partial charge in [0, 0.05) is 16.9 Å². The molecule has 0 aromatic heterocycles. The minimum atomic E-state index is -0.128. The van der Waals surface area contributed by atoms with Crippen LogP contribution in [0.1, 0.15) is 21.5 Å². The van der Waals surface area contributed by atoms with Gasteiger partial charge in [0.15, 0.2) is 5.11 Å². The van der Waals surface area contributed by atoms with Crippen LogP contribution in [0.25, 0.3) is 0 Å². The fourth-order valence-corrected chi connectivity index (χ4v) is 2.27. The number of nitrogens with one attached hydrogen (secondary N) is 2.